The van der Waals surface area contributed by atoms with Crippen LogP contribution < -0.4 is 5.32 Å². The lowest BCUT2D eigenvalue weighted by Gasteiger charge is -2.25. The Morgan fingerprint density at radius 2 is 1.66 bits per heavy atom. The molecule has 3 aromatic carbocycles. The molecule has 1 heterocycles. The number of hydrazone groups is 1. The molecule has 1 aliphatic heterocycles. The molecule has 212 valence electrons. The Kier molecular flexibility index (Phi) is 8.99. The molecule has 2 aliphatic rings. The fourth-order valence-electron chi connectivity index (χ4n) is 5.36. The fourth-order valence-corrected chi connectivity index (χ4v) is 5.49. The van der Waals surface area contributed by atoms with Crippen LogP contribution in [-0.4, -0.2) is 42.4 Å². The molecule has 1 aliphatic carbocycles. The second-order valence-corrected chi connectivity index (χ2v) is 10.8. The molecule has 0 saturated heterocycles. The zero-order valence-electron chi connectivity index (χ0n) is 22.8. The van der Waals surface area contributed by atoms with Gasteiger partial charge in [0, 0.05) is 17.1 Å². The molecule has 1 fully saturated rings. The highest BCUT2D eigenvalue weighted by molar-refractivity contribution is 6.30. The van der Waals surface area contributed by atoms with Gasteiger partial charge in [0.05, 0.1) is 25.1 Å². The summed E-state index contributed by atoms with van der Waals surface area (Å²) in [5.41, 5.74) is 3.97. The van der Waals surface area contributed by atoms with Crippen molar-refractivity contribution in [2.24, 2.45) is 11.0 Å². The quantitative estimate of drug-likeness (QED) is 0.344. The Hall–Kier alpha value is -4.17. The van der Waals surface area contributed by atoms with E-state index in [1.54, 1.807) is 36.4 Å². The Bertz CT molecular complexity index is 1420. The number of benzene rings is 3. The summed E-state index contributed by atoms with van der Waals surface area (Å²) < 4.78 is 10.3. The maximum Gasteiger partial charge on any atom is 0.337 e. The summed E-state index contributed by atoms with van der Waals surface area (Å²) in [6.07, 6.45) is 4.26. The van der Waals surface area contributed by atoms with Crippen LogP contribution in [0.25, 0.3) is 0 Å². The largest absolute Gasteiger partial charge is 0.466 e. The Balaban J connectivity index is 1.27. The summed E-state index contributed by atoms with van der Waals surface area (Å²) in [6, 6.07) is 22.0. The molecule has 1 N–H and O–H groups in total. The van der Waals surface area contributed by atoms with Crippen molar-refractivity contribution in [1.29, 1.82) is 0 Å². The third-order valence-corrected chi connectivity index (χ3v) is 7.84. The standard InChI is InChI=1S/C32H32ClN3O5/c1-40-32(39)26-12-6-21(7-13-26)18-34-30(38)29(23-4-2-3-5-23)24-10-8-22(9-11-24)19-36-28(37)20-41-31(35-36)25-14-16-27(33)17-15-25/h6-17,23,29H,2-5,18-20H2,1H3,(H,34,38). The first-order chi connectivity index (χ1) is 19.9. The van der Waals surface area contributed by atoms with Crippen LogP contribution in [0.2, 0.25) is 5.02 Å². The van der Waals surface area contributed by atoms with Crippen LogP contribution in [0.4, 0.5) is 0 Å². The second kappa shape index (κ2) is 13.0. The van der Waals surface area contributed by atoms with Crippen molar-refractivity contribution in [1.82, 2.24) is 10.3 Å². The van der Waals surface area contributed by atoms with E-state index >= 15 is 0 Å². The summed E-state index contributed by atoms with van der Waals surface area (Å²) in [4.78, 5) is 37.7. The molecular formula is C32H32ClN3O5. The van der Waals surface area contributed by atoms with Gasteiger partial charge in [0.1, 0.15) is 0 Å². The van der Waals surface area contributed by atoms with E-state index in [0.29, 0.717) is 29.6 Å². The predicted octanol–water partition coefficient (Wildman–Crippen LogP) is 5.44. The normalized spacial score (nSPS) is 16.1. The van der Waals surface area contributed by atoms with Crippen molar-refractivity contribution in [2.45, 2.75) is 44.7 Å². The number of nitrogens with one attached hydrogen (secondary N) is 1. The number of carbonyl (C=O) groups is 3. The highest BCUT2D eigenvalue weighted by Crippen LogP contribution is 2.37. The highest BCUT2D eigenvalue weighted by atomic mass is 35.5. The van der Waals surface area contributed by atoms with Gasteiger partial charge in [0.2, 0.25) is 11.8 Å². The van der Waals surface area contributed by atoms with Crippen LogP contribution >= 0.6 is 11.6 Å². The molecule has 1 saturated carbocycles. The summed E-state index contributed by atoms with van der Waals surface area (Å²) in [6.45, 7) is 0.574. The minimum atomic E-state index is -0.392. The maximum absolute atomic E-state index is 13.5. The molecule has 0 aromatic heterocycles. The summed E-state index contributed by atoms with van der Waals surface area (Å²) in [7, 11) is 1.35. The van der Waals surface area contributed by atoms with E-state index in [1.165, 1.54) is 12.1 Å². The van der Waals surface area contributed by atoms with Gasteiger partial charge >= 0.3 is 5.97 Å². The van der Waals surface area contributed by atoms with Crippen LogP contribution in [0.3, 0.4) is 0 Å². The first kappa shape index (κ1) is 28.4. The first-order valence-electron chi connectivity index (χ1n) is 13.7. The Labute approximate surface area is 244 Å². The van der Waals surface area contributed by atoms with Crippen molar-refractivity contribution in [3.8, 4) is 0 Å². The van der Waals surface area contributed by atoms with Crippen LogP contribution in [0.15, 0.2) is 77.9 Å². The van der Waals surface area contributed by atoms with Crippen molar-refractivity contribution in [3.63, 3.8) is 0 Å². The van der Waals surface area contributed by atoms with Gasteiger partial charge in [-0.3, -0.25) is 9.59 Å². The number of carbonyl (C=O) groups excluding carboxylic acids is 3. The number of methoxy groups -OCH3 is 1. The molecule has 5 rings (SSSR count). The molecule has 8 nitrogen and oxygen atoms in total. The molecule has 0 spiro atoms. The summed E-state index contributed by atoms with van der Waals surface area (Å²) >= 11 is 5.99. The monoisotopic (exact) mass is 573 g/mol. The SMILES string of the molecule is COC(=O)c1ccc(CNC(=O)C(c2ccc(CN3N=C(c4ccc(Cl)cc4)OCC3=O)cc2)C2CCCC2)cc1. The van der Waals surface area contributed by atoms with Crippen molar-refractivity contribution >= 4 is 35.3 Å². The minimum absolute atomic E-state index is 0.0118. The number of rotatable bonds is 9. The average molecular weight is 574 g/mol. The number of amides is 2. The zero-order chi connectivity index (χ0) is 28.8. The number of halogens is 1. The molecule has 1 unspecified atom stereocenters. The molecule has 0 bridgehead atoms. The molecule has 9 heteroatoms. The lowest BCUT2D eigenvalue weighted by molar-refractivity contribution is -0.136. The number of esters is 1. The predicted molar refractivity (Wildman–Crippen MR) is 155 cm³/mol. The lowest BCUT2D eigenvalue weighted by atomic mass is 9.83. The summed E-state index contributed by atoms with van der Waals surface area (Å²) in [5, 5.41) is 9.54. The molecule has 1 atom stereocenters. The minimum Gasteiger partial charge on any atom is -0.466 e. The third-order valence-electron chi connectivity index (χ3n) is 7.59. The number of hydrogen-bond donors (Lipinski definition) is 1. The molecule has 3 aromatic rings. The van der Waals surface area contributed by atoms with Gasteiger partial charge in [-0.25, -0.2) is 9.80 Å². The van der Waals surface area contributed by atoms with Gasteiger partial charge in [0.25, 0.3) is 5.91 Å². The number of ether oxygens (including phenoxy) is 2. The number of nitrogens with zero attached hydrogens (tertiary/aromatic N) is 2. The van der Waals surface area contributed by atoms with Gasteiger partial charge in [-0.15, -0.1) is 5.10 Å². The topological polar surface area (TPSA) is 97.3 Å². The van der Waals surface area contributed by atoms with Gasteiger partial charge in [-0.05, 0) is 71.8 Å². The van der Waals surface area contributed by atoms with Gasteiger partial charge in [-0.1, -0.05) is 60.8 Å². The van der Waals surface area contributed by atoms with Crippen molar-refractivity contribution < 1.29 is 23.9 Å². The highest BCUT2D eigenvalue weighted by Gasteiger charge is 2.32. The van der Waals surface area contributed by atoms with Gasteiger partial charge < -0.3 is 14.8 Å². The smallest absolute Gasteiger partial charge is 0.337 e. The van der Waals surface area contributed by atoms with E-state index in [-0.39, 0.29) is 30.3 Å². The van der Waals surface area contributed by atoms with Crippen LogP contribution in [-0.2, 0) is 32.2 Å². The van der Waals surface area contributed by atoms with Crippen molar-refractivity contribution in [2.75, 3.05) is 13.7 Å². The van der Waals surface area contributed by atoms with Crippen LogP contribution in [0.1, 0.15) is 64.2 Å². The zero-order valence-corrected chi connectivity index (χ0v) is 23.6. The van der Waals surface area contributed by atoms with E-state index in [0.717, 1.165) is 47.9 Å². The van der Waals surface area contributed by atoms with Crippen molar-refractivity contribution in [3.05, 3.63) is 106 Å². The first-order valence-corrected chi connectivity index (χ1v) is 14.1. The van der Waals surface area contributed by atoms with E-state index in [4.69, 9.17) is 21.1 Å². The fraction of sp³-hybridized carbons (Fsp3) is 0.312. The van der Waals surface area contributed by atoms with E-state index in [9.17, 15) is 14.4 Å². The number of hydrogen-bond acceptors (Lipinski definition) is 6. The molecular weight excluding hydrogens is 542 g/mol. The van der Waals surface area contributed by atoms with E-state index < -0.39 is 5.97 Å². The Morgan fingerprint density at radius 1 is 1.00 bits per heavy atom. The van der Waals surface area contributed by atoms with E-state index in [1.807, 2.05) is 36.4 Å². The maximum atomic E-state index is 13.5. The van der Waals surface area contributed by atoms with Gasteiger partial charge in [-0.2, -0.15) is 0 Å². The van der Waals surface area contributed by atoms with Crippen LogP contribution in [0.5, 0.6) is 0 Å². The molecule has 41 heavy (non-hydrogen) atoms. The second-order valence-electron chi connectivity index (χ2n) is 10.3. The summed E-state index contributed by atoms with van der Waals surface area (Å²) in [5.74, 6) is -0.250. The van der Waals surface area contributed by atoms with Crippen LogP contribution in [0, 0.1) is 5.92 Å². The third kappa shape index (κ3) is 6.95. The molecule has 0 radical (unpaired) electrons. The van der Waals surface area contributed by atoms with Gasteiger partial charge in [0.15, 0.2) is 6.61 Å². The lowest BCUT2D eigenvalue weighted by Crippen LogP contribution is -2.36. The Morgan fingerprint density at radius 3 is 2.32 bits per heavy atom. The van der Waals surface area contributed by atoms with E-state index in [2.05, 4.69) is 10.4 Å². The average Bonchev–Trinajstić information content (AvgIpc) is 3.53. The molecule has 2 amide bonds.